The highest BCUT2D eigenvalue weighted by atomic mass is 32.2. The maximum atomic E-state index is 10.5. The Morgan fingerprint density at radius 1 is 1.53 bits per heavy atom. The van der Waals surface area contributed by atoms with Crippen molar-refractivity contribution in [1.29, 1.82) is 0 Å². The van der Waals surface area contributed by atoms with Crippen molar-refractivity contribution in [3.05, 3.63) is 23.9 Å². The van der Waals surface area contributed by atoms with Gasteiger partial charge in [-0.1, -0.05) is 13.0 Å². The predicted octanol–water partition coefficient (Wildman–Crippen LogP) is 2.32. The summed E-state index contributed by atoms with van der Waals surface area (Å²) >= 11 is 3.81. The molecule has 3 nitrogen and oxygen atoms in total. The molecule has 1 saturated heterocycles. The van der Waals surface area contributed by atoms with Gasteiger partial charge in [0.25, 0.3) is 0 Å². The first-order valence-electron chi connectivity index (χ1n) is 5.85. The average Bonchev–Trinajstić information content (AvgIpc) is 2.38. The van der Waals surface area contributed by atoms with Crippen LogP contribution in [0.3, 0.4) is 0 Å². The number of pyridine rings is 1. The number of aliphatic hydroxyl groups is 1. The summed E-state index contributed by atoms with van der Waals surface area (Å²) in [7, 11) is 0. The van der Waals surface area contributed by atoms with Crippen LogP contribution < -0.4 is 5.73 Å². The fourth-order valence-electron chi connectivity index (χ4n) is 2.09. The molecule has 1 aliphatic rings. The molecule has 3 unspecified atom stereocenters. The lowest BCUT2D eigenvalue weighted by Gasteiger charge is -2.33. The van der Waals surface area contributed by atoms with Crippen molar-refractivity contribution in [2.24, 2.45) is 0 Å². The predicted molar refractivity (Wildman–Crippen MR) is 76.4 cm³/mol. The van der Waals surface area contributed by atoms with E-state index >= 15 is 0 Å². The average molecular weight is 270 g/mol. The maximum Gasteiger partial charge on any atom is 0.129 e. The van der Waals surface area contributed by atoms with Crippen molar-refractivity contribution >= 4 is 29.3 Å². The van der Waals surface area contributed by atoms with Gasteiger partial charge in [0.05, 0.1) is 6.10 Å². The third-order valence-corrected chi connectivity index (χ3v) is 6.33. The summed E-state index contributed by atoms with van der Waals surface area (Å²) in [6, 6.07) is 3.70. The third-order valence-electron chi connectivity index (χ3n) is 3.00. The Kier molecular flexibility index (Phi) is 4.59. The molecule has 1 aromatic rings. The molecule has 94 valence electrons. The fourth-order valence-corrected chi connectivity index (χ4v) is 5.21. The normalized spacial score (nSPS) is 26.7. The number of hydrogen-bond donors (Lipinski definition) is 2. The number of rotatable bonds is 3. The summed E-state index contributed by atoms with van der Waals surface area (Å²) in [4.78, 5) is 4.05. The lowest BCUT2D eigenvalue weighted by Crippen LogP contribution is -2.31. The Morgan fingerprint density at radius 2 is 2.29 bits per heavy atom. The molecule has 0 saturated carbocycles. The lowest BCUT2D eigenvalue weighted by atomic mass is 10.0. The van der Waals surface area contributed by atoms with Gasteiger partial charge in [-0.3, -0.25) is 0 Å². The molecule has 3 atom stereocenters. The molecule has 2 rings (SSSR count). The second-order valence-corrected chi connectivity index (χ2v) is 6.71. The van der Waals surface area contributed by atoms with E-state index in [1.807, 2.05) is 35.7 Å². The minimum Gasteiger partial charge on any atom is -0.387 e. The first-order valence-corrected chi connectivity index (χ1v) is 7.95. The topological polar surface area (TPSA) is 59.1 Å². The van der Waals surface area contributed by atoms with Gasteiger partial charge in [0.15, 0.2) is 0 Å². The minimum atomic E-state index is -0.508. The second kappa shape index (κ2) is 5.98. The van der Waals surface area contributed by atoms with E-state index in [2.05, 4.69) is 11.9 Å². The Hall–Kier alpha value is -0.390. The highest BCUT2D eigenvalue weighted by Gasteiger charge is 2.32. The summed E-state index contributed by atoms with van der Waals surface area (Å²) in [6.07, 6.45) is 2.23. The first kappa shape index (κ1) is 13.1. The number of anilines is 1. The number of aliphatic hydroxyl groups excluding tert-OH is 1. The van der Waals surface area contributed by atoms with Gasteiger partial charge in [0, 0.05) is 33.8 Å². The number of nitrogens with zero attached hydrogens (tertiary/aromatic N) is 1. The molecule has 0 aliphatic carbocycles. The van der Waals surface area contributed by atoms with Crippen LogP contribution in [0.15, 0.2) is 18.3 Å². The smallest absolute Gasteiger partial charge is 0.129 e. The van der Waals surface area contributed by atoms with Crippen LogP contribution in [0.25, 0.3) is 0 Å². The fraction of sp³-hybridized carbons (Fsp3) is 0.583. The molecule has 0 bridgehead atoms. The van der Waals surface area contributed by atoms with Gasteiger partial charge in [-0.15, -0.1) is 0 Å². The van der Waals surface area contributed by atoms with Crippen LogP contribution in [0.1, 0.15) is 25.0 Å². The number of thioether (sulfide) groups is 2. The third kappa shape index (κ3) is 2.89. The second-order valence-electron chi connectivity index (χ2n) is 4.08. The number of nitrogens with two attached hydrogens (primary N) is 1. The van der Waals surface area contributed by atoms with E-state index in [9.17, 15) is 5.11 Å². The van der Waals surface area contributed by atoms with Crippen molar-refractivity contribution in [3.63, 3.8) is 0 Å². The zero-order valence-electron chi connectivity index (χ0n) is 9.87. The van der Waals surface area contributed by atoms with E-state index in [0.717, 1.165) is 17.7 Å². The highest BCUT2D eigenvalue weighted by Crippen LogP contribution is 2.40. The van der Waals surface area contributed by atoms with Crippen LogP contribution in [0.2, 0.25) is 0 Å². The SMILES string of the molecule is CCC1SCCSC1C(O)c1cccnc1N. The van der Waals surface area contributed by atoms with Gasteiger partial charge in [-0.2, -0.15) is 23.5 Å². The lowest BCUT2D eigenvalue weighted by molar-refractivity contribution is 0.172. The largest absolute Gasteiger partial charge is 0.387 e. The van der Waals surface area contributed by atoms with Crippen LogP contribution in [0, 0.1) is 0 Å². The monoisotopic (exact) mass is 270 g/mol. The van der Waals surface area contributed by atoms with Crippen molar-refractivity contribution < 1.29 is 5.11 Å². The van der Waals surface area contributed by atoms with Crippen LogP contribution in [0.4, 0.5) is 5.82 Å². The standard InChI is InChI=1S/C12H18N2OS2/c1-2-9-11(17-7-6-16-9)10(15)8-4-3-5-14-12(8)13/h3-5,9-11,15H,2,6-7H2,1H3,(H2,13,14). The molecule has 5 heteroatoms. The molecular formula is C12H18N2OS2. The summed E-state index contributed by atoms with van der Waals surface area (Å²) in [5.74, 6) is 2.73. The van der Waals surface area contributed by atoms with E-state index in [-0.39, 0.29) is 5.25 Å². The molecule has 1 fully saturated rings. The van der Waals surface area contributed by atoms with E-state index in [4.69, 9.17) is 5.73 Å². The van der Waals surface area contributed by atoms with Crippen molar-refractivity contribution in [1.82, 2.24) is 4.98 Å². The molecule has 17 heavy (non-hydrogen) atoms. The molecule has 1 aromatic heterocycles. The van der Waals surface area contributed by atoms with E-state index in [1.54, 1.807) is 6.20 Å². The first-order chi connectivity index (χ1) is 8.24. The molecule has 3 N–H and O–H groups in total. The number of aromatic nitrogens is 1. The van der Waals surface area contributed by atoms with Crippen molar-refractivity contribution in [2.45, 2.75) is 29.9 Å². The summed E-state index contributed by atoms with van der Waals surface area (Å²) < 4.78 is 0. The van der Waals surface area contributed by atoms with Crippen molar-refractivity contribution in [2.75, 3.05) is 17.2 Å². The summed E-state index contributed by atoms with van der Waals surface area (Å²) in [6.45, 7) is 2.18. The van der Waals surface area contributed by atoms with Gasteiger partial charge < -0.3 is 10.8 Å². The molecular weight excluding hydrogens is 252 g/mol. The zero-order chi connectivity index (χ0) is 12.3. The summed E-state index contributed by atoms with van der Waals surface area (Å²) in [5.41, 5.74) is 6.60. The molecule has 1 aliphatic heterocycles. The van der Waals surface area contributed by atoms with Gasteiger partial charge >= 0.3 is 0 Å². The van der Waals surface area contributed by atoms with Crippen LogP contribution in [0.5, 0.6) is 0 Å². The van der Waals surface area contributed by atoms with E-state index < -0.39 is 6.10 Å². The molecule has 0 spiro atoms. The van der Waals surface area contributed by atoms with E-state index in [0.29, 0.717) is 11.1 Å². The zero-order valence-corrected chi connectivity index (χ0v) is 11.5. The molecule has 0 amide bonds. The summed E-state index contributed by atoms with van der Waals surface area (Å²) in [5, 5.41) is 11.2. The maximum absolute atomic E-state index is 10.5. The van der Waals surface area contributed by atoms with E-state index in [1.165, 1.54) is 5.75 Å². The van der Waals surface area contributed by atoms with Gasteiger partial charge in [0.2, 0.25) is 0 Å². The van der Waals surface area contributed by atoms with Gasteiger partial charge in [0.1, 0.15) is 5.82 Å². The van der Waals surface area contributed by atoms with Crippen LogP contribution in [-0.4, -0.2) is 32.1 Å². The Bertz CT molecular complexity index is 375. The molecule has 0 aromatic carbocycles. The van der Waals surface area contributed by atoms with Crippen LogP contribution >= 0.6 is 23.5 Å². The number of nitrogen functional groups attached to an aromatic ring is 1. The Labute approximate surface area is 111 Å². The quantitative estimate of drug-likeness (QED) is 0.883. The number of hydrogen-bond acceptors (Lipinski definition) is 5. The van der Waals surface area contributed by atoms with Gasteiger partial charge in [-0.25, -0.2) is 4.98 Å². The highest BCUT2D eigenvalue weighted by molar-refractivity contribution is 8.07. The molecule has 2 heterocycles. The Balaban J connectivity index is 2.18. The van der Waals surface area contributed by atoms with Crippen molar-refractivity contribution in [3.8, 4) is 0 Å². The van der Waals surface area contributed by atoms with Gasteiger partial charge in [-0.05, 0) is 12.5 Å². The van der Waals surface area contributed by atoms with Crippen LogP contribution in [-0.2, 0) is 0 Å². The Morgan fingerprint density at radius 3 is 3.00 bits per heavy atom. The molecule has 0 radical (unpaired) electrons. The minimum absolute atomic E-state index is 0.227.